The topological polar surface area (TPSA) is 90.1 Å². The van der Waals surface area contributed by atoms with E-state index in [2.05, 4.69) is 4.98 Å². The van der Waals surface area contributed by atoms with E-state index in [9.17, 15) is 13.2 Å². The molecule has 1 heterocycles. The Kier molecular flexibility index (Phi) is 3.66. The predicted octanol–water partition coefficient (Wildman–Crippen LogP) is 1.61. The summed E-state index contributed by atoms with van der Waals surface area (Å²) in [5, 5.41) is 5.00. The number of halogens is 1. The van der Waals surface area contributed by atoms with Crippen LogP contribution in [-0.4, -0.2) is 19.2 Å². The quantitative estimate of drug-likeness (QED) is 0.871. The van der Waals surface area contributed by atoms with E-state index in [4.69, 9.17) is 16.7 Å². The van der Waals surface area contributed by atoms with Crippen LogP contribution in [0.15, 0.2) is 47.5 Å². The van der Waals surface area contributed by atoms with Crippen LogP contribution in [0.2, 0.25) is 5.02 Å². The zero-order valence-corrected chi connectivity index (χ0v) is 11.1. The fraction of sp³-hybridized carbons (Fsp3) is 0. The minimum absolute atomic E-state index is 0.0277. The van der Waals surface area contributed by atoms with Crippen molar-refractivity contribution in [3.05, 3.63) is 58.9 Å². The zero-order valence-electron chi connectivity index (χ0n) is 9.58. The lowest BCUT2D eigenvalue weighted by Crippen LogP contribution is -2.14. The van der Waals surface area contributed by atoms with Crippen LogP contribution < -0.4 is 5.14 Å². The summed E-state index contributed by atoms with van der Waals surface area (Å²) in [6.07, 6.45) is 1.48. The number of benzene rings is 1. The molecular formula is C12H9ClN2O3S. The molecule has 98 valence electrons. The molecule has 0 radical (unpaired) electrons. The van der Waals surface area contributed by atoms with Crippen molar-refractivity contribution in [3.8, 4) is 0 Å². The molecular weight excluding hydrogens is 288 g/mol. The van der Waals surface area contributed by atoms with E-state index in [-0.39, 0.29) is 21.2 Å². The second kappa shape index (κ2) is 5.08. The van der Waals surface area contributed by atoms with Crippen molar-refractivity contribution in [1.82, 2.24) is 4.98 Å². The lowest BCUT2D eigenvalue weighted by molar-refractivity contribution is 0.103. The average Bonchev–Trinajstić information content (AvgIpc) is 2.38. The van der Waals surface area contributed by atoms with Crippen LogP contribution in [0.25, 0.3) is 0 Å². The lowest BCUT2D eigenvalue weighted by Gasteiger charge is -2.05. The van der Waals surface area contributed by atoms with Gasteiger partial charge in [-0.15, -0.1) is 0 Å². The summed E-state index contributed by atoms with van der Waals surface area (Å²) >= 11 is 5.75. The first-order valence-corrected chi connectivity index (χ1v) is 7.10. The maximum atomic E-state index is 12.1. The van der Waals surface area contributed by atoms with Gasteiger partial charge in [0, 0.05) is 11.8 Å². The number of ketones is 1. The number of aromatic nitrogens is 1. The van der Waals surface area contributed by atoms with Gasteiger partial charge in [0.15, 0.2) is 0 Å². The van der Waals surface area contributed by atoms with E-state index >= 15 is 0 Å². The van der Waals surface area contributed by atoms with Gasteiger partial charge in [-0.3, -0.25) is 9.78 Å². The number of rotatable bonds is 3. The molecule has 0 atom stereocenters. The van der Waals surface area contributed by atoms with E-state index in [1.54, 1.807) is 12.1 Å². The second-order valence-corrected chi connectivity index (χ2v) is 5.67. The maximum absolute atomic E-state index is 12.1. The SMILES string of the molecule is NS(=O)(=O)c1cc(C(=O)c2ccccn2)ccc1Cl. The Morgan fingerprint density at radius 2 is 1.95 bits per heavy atom. The summed E-state index contributed by atoms with van der Waals surface area (Å²) in [5.74, 6) is -0.401. The Morgan fingerprint density at radius 1 is 1.21 bits per heavy atom. The van der Waals surface area contributed by atoms with Crippen LogP contribution in [0.4, 0.5) is 0 Å². The maximum Gasteiger partial charge on any atom is 0.239 e. The largest absolute Gasteiger partial charge is 0.287 e. The Bertz CT molecular complexity index is 730. The molecule has 0 saturated heterocycles. The van der Waals surface area contributed by atoms with E-state index < -0.39 is 15.8 Å². The molecule has 0 aliphatic carbocycles. The minimum Gasteiger partial charge on any atom is -0.287 e. The molecule has 5 nitrogen and oxygen atoms in total. The molecule has 0 fully saturated rings. The second-order valence-electron chi connectivity index (χ2n) is 3.73. The molecule has 0 unspecified atom stereocenters. The summed E-state index contributed by atoms with van der Waals surface area (Å²) in [4.78, 5) is 15.7. The van der Waals surface area contributed by atoms with Gasteiger partial charge in [-0.1, -0.05) is 17.7 Å². The highest BCUT2D eigenvalue weighted by atomic mass is 35.5. The number of nitrogens with two attached hydrogens (primary N) is 1. The van der Waals surface area contributed by atoms with Crippen molar-refractivity contribution >= 4 is 27.4 Å². The molecule has 7 heteroatoms. The van der Waals surface area contributed by atoms with Gasteiger partial charge in [0.25, 0.3) is 0 Å². The molecule has 1 aromatic heterocycles. The van der Waals surface area contributed by atoms with E-state index in [1.165, 1.54) is 24.4 Å². The number of primary sulfonamides is 1. The third-order valence-electron chi connectivity index (χ3n) is 2.40. The van der Waals surface area contributed by atoms with Gasteiger partial charge in [-0.05, 0) is 30.3 Å². The number of hydrogen-bond donors (Lipinski definition) is 1. The fourth-order valence-corrected chi connectivity index (χ4v) is 2.58. The monoisotopic (exact) mass is 296 g/mol. The normalized spacial score (nSPS) is 11.3. The zero-order chi connectivity index (χ0) is 14.0. The molecule has 2 aromatic rings. The van der Waals surface area contributed by atoms with Gasteiger partial charge in [0.1, 0.15) is 10.6 Å². The van der Waals surface area contributed by atoms with E-state index in [0.717, 1.165) is 6.07 Å². The number of sulfonamides is 1. The third kappa shape index (κ3) is 2.98. The van der Waals surface area contributed by atoms with Crippen LogP contribution in [0.1, 0.15) is 16.1 Å². The molecule has 2 rings (SSSR count). The predicted molar refractivity (Wildman–Crippen MR) is 70.5 cm³/mol. The number of pyridine rings is 1. The van der Waals surface area contributed by atoms with Crippen molar-refractivity contribution in [2.24, 2.45) is 5.14 Å². The Hall–Kier alpha value is -1.76. The summed E-state index contributed by atoms with van der Waals surface area (Å²) in [5.41, 5.74) is 0.373. The van der Waals surface area contributed by atoms with Crippen LogP contribution >= 0.6 is 11.6 Å². The number of nitrogens with zero attached hydrogens (tertiary/aromatic N) is 1. The lowest BCUT2D eigenvalue weighted by atomic mass is 10.1. The Labute approximate surface area is 115 Å². The standard InChI is InChI=1S/C12H9ClN2O3S/c13-9-5-4-8(7-11(9)19(14,17)18)12(16)10-3-1-2-6-15-10/h1-7H,(H2,14,17,18). The molecule has 0 amide bonds. The number of carbonyl (C=O) groups excluding carboxylic acids is 1. The summed E-state index contributed by atoms with van der Waals surface area (Å²) < 4.78 is 22.7. The molecule has 1 aromatic carbocycles. The highest BCUT2D eigenvalue weighted by Gasteiger charge is 2.17. The third-order valence-corrected chi connectivity index (χ3v) is 3.79. The van der Waals surface area contributed by atoms with Crippen molar-refractivity contribution in [2.75, 3.05) is 0 Å². The molecule has 2 N–H and O–H groups in total. The minimum atomic E-state index is -3.98. The molecule has 0 saturated carbocycles. The summed E-state index contributed by atoms with van der Waals surface area (Å²) in [6, 6.07) is 8.76. The highest BCUT2D eigenvalue weighted by Crippen LogP contribution is 2.22. The van der Waals surface area contributed by atoms with Crippen LogP contribution in [0.5, 0.6) is 0 Å². The Balaban J connectivity index is 2.51. The van der Waals surface area contributed by atoms with Gasteiger partial charge in [-0.2, -0.15) is 0 Å². The average molecular weight is 297 g/mol. The first-order valence-electron chi connectivity index (χ1n) is 5.17. The highest BCUT2D eigenvalue weighted by molar-refractivity contribution is 7.89. The molecule has 0 spiro atoms. The van der Waals surface area contributed by atoms with Crippen LogP contribution in [0.3, 0.4) is 0 Å². The fourth-order valence-electron chi connectivity index (χ4n) is 1.51. The van der Waals surface area contributed by atoms with Crippen LogP contribution in [0, 0.1) is 0 Å². The first-order chi connectivity index (χ1) is 8.89. The van der Waals surface area contributed by atoms with Gasteiger partial charge >= 0.3 is 0 Å². The van der Waals surface area contributed by atoms with Gasteiger partial charge < -0.3 is 0 Å². The smallest absolute Gasteiger partial charge is 0.239 e. The van der Waals surface area contributed by atoms with Crippen molar-refractivity contribution in [2.45, 2.75) is 4.90 Å². The van der Waals surface area contributed by atoms with E-state index in [1.807, 2.05) is 0 Å². The number of hydrogen-bond acceptors (Lipinski definition) is 4. The number of carbonyl (C=O) groups is 1. The summed E-state index contributed by atoms with van der Waals surface area (Å²) in [7, 11) is -3.98. The van der Waals surface area contributed by atoms with Gasteiger partial charge in [-0.25, -0.2) is 13.6 Å². The van der Waals surface area contributed by atoms with Gasteiger partial charge in [0.05, 0.1) is 5.02 Å². The van der Waals surface area contributed by atoms with Gasteiger partial charge in [0.2, 0.25) is 15.8 Å². The first kappa shape index (κ1) is 13.7. The van der Waals surface area contributed by atoms with Crippen molar-refractivity contribution < 1.29 is 13.2 Å². The molecule has 0 aliphatic rings. The van der Waals surface area contributed by atoms with Crippen molar-refractivity contribution in [1.29, 1.82) is 0 Å². The van der Waals surface area contributed by atoms with E-state index in [0.29, 0.717) is 0 Å². The molecule has 0 bridgehead atoms. The Morgan fingerprint density at radius 3 is 2.53 bits per heavy atom. The molecule has 0 aliphatic heterocycles. The van der Waals surface area contributed by atoms with Crippen molar-refractivity contribution in [3.63, 3.8) is 0 Å². The molecule has 19 heavy (non-hydrogen) atoms. The summed E-state index contributed by atoms with van der Waals surface area (Å²) in [6.45, 7) is 0. The van der Waals surface area contributed by atoms with Crippen LogP contribution in [-0.2, 0) is 10.0 Å².